The van der Waals surface area contributed by atoms with Crippen molar-refractivity contribution in [3.05, 3.63) is 44.7 Å². The third-order valence-corrected chi connectivity index (χ3v) is 9.12. The Labute approximate surface area is 208 Å². The van der Waals surface area contributed by atoms with E-state index < -0.39 is 64.0 Å². The largest absolute Gasteiger partial charge is 0.534 e. The summed E-state index contributed by atoms with van der Waals surface area (Å²) in [6.07, 6.45) is 0.573. The van der Waals surface area contributed by atoms with E-state index in [1.807, 2.05) is 0 Å². The Hall–Kier alpha value is -2.58. The second-order valence-electron chi connectivity index (χ2n) is 8.67. The Bertz CT molecular complexity index is 1560. The lowest BCUT2D eigenvalue weighted by molar-refractivity contribution is -0.0500. The highest BCUT2D eigenvalue weighted by atomic mass is 35.5. The van der Waals surface area contributed by atoms with Gasteiger partial charge in [-0.1, -0.05) is 11.6 Å². The lowest BCUT2D eigenvalue weighted by Crippen LogP contribution is -2.33. The number of halogens is 4. The smallest absolute Gasteiger partial charge is 0.459 e. The van der Waals surface area contributed by atoms with Crippen molar-refractivity contribution in [3.63, 3.8) is 0 Å². The van der Waals surface area contributed by atoms with Crippen molar-refractivity contribution in [2.24, 2.45) is 0 Å². The number of hydrogen-bond donors (Lipinski definition) is 0. The first-order valence-corrected chi connectivity index (χ1v) is 13.9. The molecular weight excluding hydrogens is 551 g/mol. The molecule has 9 nitrogen and oxygen atoms in total. The molecule has 2 aromatic rings. The topological polar surface area (TPSA) is 126 Å². The summed E-state index contributed by atoms with van der Waals surface area (Å²) in [6.45, 7) is 4.44. The van der Waals surface area contributed by atoms with E-state index in [4.69, 9.17) is 16.3 Å². The van der Waals surface area contributed by atoms with Crippen LogP contribution in [0.25, 0.3) is 11.3 Å². The molecule has 1 aromatic heterocycles. The second kappa shape index (κ2) is 8.48. The Morgan fingerprint density at radius 2 is 1.81 bits per heavy atom. The van der Waals surface area contributed by atoms with Gasteiger partial charge in [0.15, 0.2) is 15.6 Å². The Balaban J connectivity index is 2.01. The maximum absolute atomic E-state index is 13.4. The molecule has 0 amide bonds. The van der Waals surface area contributed by atoms with Crippen molar-refractivity contribution in [2.45, 2.75) is 61.4 Å². The van der Waals surface area contributed by atoms with Crippen molar-refractivity contribution in [2.75, 3.05) is 0 Å². The van der Waals surface area contributed by atoms with Crippen LogP contribution >= 0.6 is 11.6 Å². The minimum Gasteiger partial charge on any atom is -0.459 e. The number of aromatic nitrogens is 1. The highest BCUT2D eigenvalue weighted by molar-refractivity contribution is 7.92. The summed E-state index contributed by atoms with van der Waals surface area (Å²) in [7, 11) is -10.5. The van der Waals surface area contributed by atoms with E-state index in [-0.39, 0.29) is 28.4 Å². The SMILES string of the molecule is CC(C)OC(=O)c1cc2c(n(C3CC3)c1=O)-c1cc(Cl)c(OS(=O)(=O)C(F)(F)F)cc1S(=O)(=O)C2C. The van der Waals surface area contributed by atoms with Crippen LogP contribution in [0.1, 0.15) is 60.8 Å². The quantitative estimate of drug-likeness (QED) is 0.299. The molecule has 0 saturated heterocycles. The van der Waals surface area contributed by atoms with Crippen molar-refractivity contribution >= 4 is 37.5 Å². The fourth-order valence-electron chi connectivity index (χ4n) is 3.90. The first kappa shape index (κ1) is 26.5. The van der Waals surface area contributed by atoms with Gasteiger partial charge in [-0.15, -0.1) is 0 Å². The number of carbonyl (C=O) groups excluding carboxylic acids is 1. The normalized spacial score (nSPS) is 18.9. The molecule has 1 aromatic carbocycles. The number of alkyl halides is 3. The zero-order chi connectivity index (χ0) is 27.0. The van der Waals surface area contributed by atoms with Crippen molar-refractivity contribution < 1.29 is 43.7 Å². The third-order valence-electron chi connectivity index (χ3n) is 5.72. The van der Waals surface area contributed by atoms with Gasteiger partial charge in [0.1, 0.15) is 5.56 Å². The van der Waals surface area contributed by atoms with Crippen LogP contribution in [0.5, 0.6) is 5.75 Å². The van der Waals surface area contributed by atoms with Crippen LogP contribution in [0.4, 0.5) is 13.2 Å². The monoisotopic (exact) mass is 569 g/mol. The van der Waals surface area contributed by atoms with E-state index in [0.29, 0.717) is 18.9 Å². The van der Waals surface area contributed by atoms with Crippen LogP contribution in [-0.2, 0) is 24.7 Å². The summed E-state index contributed by atoms with van der Waals surface area (Å²) in [5, 5.41) is -1.99. The molecular formula is C21H19ClF3NO8S2. The summed E-state index contributed by atoms with van der Waals surface area (Å²) in [5.74, 6) is -1.97. The number of sulfone groups is 1. The zero-order valence-electron chi connectivity index (χ0n) is 18.9. The second-order valence-corrected chi connectivity index (χ2v) is 12.9. The number of nitrogens with zero attached hydrogens (tertiary/aromatic N) is 1. The minimum absolute atomic E-state index is 0.0948. The average Bonchev–Trinajstić information content (AvgIpc) is 3.56. The molecule has 0 radical (unpaired) electrons. The number of carbonyl (C=O) groups is 1. The van der Waals surface area contributed by atoms with Crippen molar-refractivity contribution in [1.29, 1.82) is 0 Å². The van der Waals surface area contributed by atoms with Crippen LogP contribution < -0.4 is 9.74 Å². The van der Waals surface area contributed by atoms with Crippen LogP contribution in [0.2, 0.25) is 5.02 Å². The Kier molecular flexibility index (Phi) is 6.24. The van der Waals surface area contributed by atoms with E-state index in [1.54, 1.807) is 13.8 Å². The fraction of sp³-hybridized carbons (Fsp3) is 0.429. The van der Waals surface area contributed by atoms with Gasteiger partial charge in [-0.25, -0.2) is 13.2 Å². The fourth-order valence-corrected chi connectivity index (χ4v) is 6.24. The van der Waals surface area contributed by atoms with Gasteiger partial charge < -0.3 is 13.5 Å². The number of fused-ring (bicyclic) bond motifs is 3. The van der Waals surface area contributed by atoms with E-state index >= 15 is 0 Å². The average molecular weight is 570 g/mol. The van der Waals surface area contributed by atoms with Crippen LogP contribution in [0.15, 0.2) is 27.9 Å². The summed E-state index contributed by atoms with van der Waals surface area (Å²) in [6, 6.07) is 2.31. The highest BCUT2D eigenvalue weighted by Gasteiger charge is 2.49. The molecule has 4 rings (SSSR count). The molecule has 36 heavy (non-hydrogen) atoms. The molecule has 1 saturated carbocycles. The summed E-state index contributed by atoms with van der Waals surface area (Å²) in [4.78, 5) is 25.4. The van der Waals surface area contributed by atoms with Crippen molar-refractivity contribution in [1.82, 2.24) is 4.57 Å². The number of benzene rings is 1. The Morgan fingerprint density at radius 1 is 1.19 bits per heavy atom. The number of esters is 1. The molecule has 1 unspecified atom stereocenters. The van der Waals surface area contributed by atoms with Gasteiger partial charge in [0, 0.05) is 17.7 Å². The van der Waals surface area contributed by atoms with Crippen LogP contribution in [0.3, 0.4) is 0 Å². The van der Waals surface area contributed by atoms with Gasteiger partial charge in [-0.05, 0) is 51.3 Å². The van der Waals surface area contributed by atoms with E-state index in [2.05, 4.69) is 4.18 Å². The number of ether oxygens (including phenoxy) is 1. The lowest BCUT2D eigenvalue weighted by Gasteiger charge is -2.29. The molecule has 0 N–H and O–H groups in total. The van der Waals surface area contributed by atoms with Crippen LogP contribution in [-0.4, -0.2) is 39.0 Å². The Morgan fingerprint density at radius 3 is 2.33 bits per heavy atom. The van der Waals surface area contributed by atoms with Gasteiger partial charge in [-0.3, -0.25) is 4.79 Å². The maximum atomic E-state index is 13.4. The van der Waals surface area contributed by atoms with E-state index in [9.17, 15) is 39.6 Å². The molecule has 1 atom stereocenters. The predicted octanol–water partition coefficient (Wildman–Crippen LogP) is 4.15. The molecule has 15 heteroatoms. The van der Waals surface area contributed by atoms with Gasteiger partial charge in [0.05, 0.1) is 27.0 Å². The summed E-state index contributed by atoms with van der Waals surface area (Å²) in [5.41, 5.74) is -6.78. The van der Waals surface area contributed by atoms with Gasteiger partial charge in [0.25, 0.3) is 5.56 Å². The highest BCUT2D eigenvalue weighted by Crippen LogP contribution is 2.50. The minimum atomic E-state index is -6.14. The molecule has 0 spiro atoms. The standard InChI is InChI=1S/C21H19ClF3NO8S2/c1-9(2)33-20(28)14-6-12-10(3)35(29,30)17-8-16(34-36(31,32)21(23,24)25)15(22)7-13(17)18(12)26(19(14)27)11-4-5-11/h6-11H,4-5H2,1-3H3. The number of rotatable bonds is 5. The molecule has 196 valence electrons. The van der Waals surface area contributed by atoms with E-state index in [0.717, 1.165) is 12.1 Å². The predicted molar refractivity (Wildman–Crippen MR) is 121 cm³/mol. The lowest BCUT2D eigenvalue weighted by atomic mass is 9.99. The molecule has 2 aliphatic rings. The summed E-state index contributed by atoms with van der Waals surface area (Å²) < 4.78 is 98.7. The first-order chi connectivity index (χ1) is 16.5. The number of pyridine rings is 1. The van der Waals surface area contributed by atoms with Gasteiger partial charge >= 0.3 is 21.6 Å². The van der Waals surface area contributed by atoms with Crippen molar-refractivity contribution in [3.8, 4) is 17.0 Å². The maximum Gasteiger partial charge on any atom is 0.534 e. The molecule has 1 fully saturated rings. The number of hydrogen-bond acceptors (Lipinski definition) is 8. The zero-order valence-corrected chi connectivity index (χ0v) is 21.3. The van der Waals surface area contributed by atoms with Gasteiger partial charge in [-0.2, -0.15) is 21.6 Å². The van der Waals surface area contributed by atoms with E-state index in [1.165, 1.54) is 11.5 Å². The summed E-state index contributed by atoms with van der Waals surface area (Å²) >= 11 is 6.03. The molecule has 1 aliphatic heterocycles. The molecule has 2 heterocycles. The molecule has 0 bridgehead atoms. The van der Waals surface area contributed by atoms with Crippen LogP contribution in [0, 0.1) is 0 Å². The third kappa shape index (κ3) is 4.28. The molecule has 1 aliphatic carbocycles. The first-order valence-electron chi connectivity index (χ1n) is 10.6. The van der Waals surface area contributed by atoms with Gasteiger partial charge in [0.2, 0.25) is 0 Å².